The zero-order chi connectivity index (χ0) is 24.2. The normalized spacial score (nSPS) is 46.9. The molecule has 2 saturated carbocycles. The second-order valence-corrected chi connectivity index (χ2v) is 14.1. The van der Waals surface area contributed by atoms with Crippen LogP contribution in [0.1, 0.15) is 100 Å². The van der Waals surface area contributed by atoms with E-state index in [2.05, 4.69) is 67.5 Å². The van der Waals surface area contributed by atoms with Gasteiger partial charge in [-0.3, -0.25) is 4.79 Å². The van der Waals surface area contributed by atoms with Gasteiger partial charge in [0, 0.05) is 11.8 Å². The summed E-state index contributed by atoms with van der Waals surface area (Å²) in [6.45, 7) is 18.4. The fraction of sp³-hybridized carbons (Fsp3) is 0.833. The van der Waals surface area contributed by atoms with E-state index in [-0.39, 0.29) is 39.5 Å². The number of hydrogen-bond donors (Lipinski definition) is 1. The standard InChI is InChI=1S/C30H46O3/c1-18(17-22(31)25-27(4,5)33-25)19-11-15-30(8)21-9-10-23-26(2,3)24(32)13-14-28(23,6)20(21)12-16-29(19,30)7/h9,12,18-19,22-23,25,31H,10-11,13-17H2,1-8H3/t18-,19+,22-,23+,25+,28-,29+,30-/m1/s1. The number of ketones is 1. The second kappa shape index (κ2) is 7.06. The van der Waals surface area contributed by atoms with Crippen LogP contribution >= 0.6 is 0 Å². The molecule has 3 fully saturated rings. The van der Waals surface area contributed by atoms with E-state index >= 15 is 0 Å². The highest BCUT2D eigenvalue weighted by atomic mass is 16.6. The van der Waals surface area contributed by atoms with E-state index in [0.29, 0.717) is 23.5 Å². The molecule has 0 unspecified atom stereocenters. The molecule has 4 aliphatic carbocycles. The number of Topliss-reactive ketones (excluding diaryl/α,β-unsaturated/α-hetero) is 1. The third-order valence-electron chi connectivity index (χ3n) is 11.8. The molecule has 1 N–H and O–H groups in total. The molecule has 3 nitrogen and oxygen atoms in total. The fourth-order valence-electron chi connectivity index (χ4n) is 9.26. The first-order valence-electron chi connectivity index (χ1n) is 13.5. The SMILES string of the molecule is C[C@H](C[C@@H](O)[C@@H]1OC1(C)C)[C@@H]1CC[C@]2(C)C3=CC[C@H]4C(C)(C)C(=O)CC[C@]4(C)C3=CC[C@@]12C. The molecule has 0 spiro atoms. The van der Waals surface area contributed by atoms with Crippen molar-refractivity contribution in [3.05, 3.63) is 23.3 Å². The van der Waals surface area contributed by atoms with Crippen LogP contribution in [0.5, 0.6) is 0 Å². The number of aliphatic hydroxyl groups is 1. The zero-order valence-electron chi connectivity index (χ0n) is 22.3. The van der Waals surface area contributed by atoms with Gasteiger partial charge in [0.2, 0.25) is 0 Å². The Labute approximate surface area is 201 Å². The van der Waals surface area contributed by atoms with Gasteiger partial charge in [-0.05, 0) is 97.5 Å². The summed E-state index contributed by atoms with van der Waals surface area (Å²) in [5.74, 6) is 1.93. The molecule has 1 heterocycles. The number of carbonyl (C=O) groups is 1. The number of ether oxygens (including phenoxy) is 1. The van der Waals surface area contributed by atoms with Crippen LogP contribution in [0.4, 0.5) is 0 Å². The number of fused-ring (bicyclic) bond motifs is 5. The molecule has 184 valence electrons. The van der Waals surface area contributed by atoms with Crippen molar-refractivity contribution in [3.8, 4) is 0 Å². The summed E-state index contributed by atoms with van der Waals surface area (Å²) in [4.78, 5) is 12.8. The van der Waals surface area contributed by atoms with Gasteiger partial charge in [0.15, 0.2) is 0 Å². The maximum absolute atomic E-state index is 12.8. The molecular formula is C30H46O3. The van der Waals surface area contributed by atoms with Gasteiger partial charge in [0.05, 0.1) is 11.7 Å². The lowest BCUT2D eigenvalue weighted by Gasteiger charge is -2.59. The quantitative estimate of drug-likeness (QED) is 0.484. The Bertz CT molecular complexity index is 925. The molecule has 5 aliphatic rings. The van der Waals surface area contributed by atoms with Crippen LogP contribution in [-0.2, 0) is 9.53 Å². The average Bonchev–Trinajstić information content (AvgIpc) is 3.26. The minimum absolute atomic E-state index is 0.00583. The molecule has 0 amide bonds. The van der Waals surface area contributed by atoms with Gasteiger partial charge in [0.1, 0.15) is 11.9 Å². The first-order chi connectivity index (χ1) is 15.2. The summed E-state index contributed by atoms with van der Waals surface area (Å²) >= 11 is 0. The van der Waals surface area contributed by atoms with Crippen LogP contribution in [0.25, 0.3) is 0 Å². The minimum atomic E-state index is -0.365. The van der Waals surface area contributed by atoms with E-state index in [1.165, 1.54) is 12.8 Å². The van der Waals surface area contributed by atoms with Crippen molar-refractivity contribution in [2.24, 2.45) is 39.4 Å². The van der Waals surface area contributed by atoms with Crippen LogP contribution in [0.2, 0.25) is 0 Å². The van der Waals surface area contributed by atoms with Gasteiger partial charge in [-0.2, -0.15) is 0 Å². The van der Waals surface area contributed by atoms with E-state index in [9.17, 15) is 9.90 Å². The largest absolute Gasteiger partial charge is 0.390 e. The third-order valence-corrected chi connectivity index (χ3v) is 11.8. The molecule has 0 aromatic heterocycles. The summed E-state index contributed by atoms with van der Waals surface area (Å²) < 4.78 is 5.75. The van der Waals surface area contributed by atoms with Crippen LogP contribution in [0.3, 0.4) is 0 Å². The van der Waals surface area contributed by atoms with E-state index in [1.54, 1.807) is 11.1 Å². The second-order valence-electron chi connectivity index (χ2n) is 14.1. The van der Waals surface area contributed by atoms with Crippen molar-refractivity contribution in [2.45, 2.75) is 118 Å². The van der Waals surface area contributed by atoms with Crippen LogP contribution in [0, 0.1) is 39.4 Å². The molecule has 8 atom stereocenters. The smallest absolute Gasteiger partial charge is 0.138 e. The Kier molecular flexibility index (Phi) is 5.09. The van der Waals surface area contributed by atoms with Crippen molar-refractivity contribution < 1.29 is 14.6 Å². The minimum Gasteiger partial charge on any atom is -0.390 e. The molecule has 5 rings (SSSR count). The van der Waals surface area contributed by atoms with Crippen molar-refractivity contribution in [1.82, 2.24) is 0 Å². The van der Waals surface area contributed by atoms with Gasteiger partial charge in [-0.1, -0.05) is 53.7 Å². The summed E-state index contributed by atoms with van der Waals surface area (Å²) in [6.07, 6.45) is 11.9. The van der Waals surface area contributed by atoms with E-state index in [0.717, 1.165) is 32.1 Å². The molecule has 0 radical (unpaired) electrons. The summed E-state index contributed by atoms with van der Waals surface area (Å²) in [7, 11) is 0. The lowest BCUT2D eigenvalue weighted by molar-refractivity contribution is -0.138. The number of aliphatic hydroxyl groups excluding tert-OH is 1. The topological polar surface area (TPSA) is 49.8 Å². The van der Waals surface area contributed by atoms with Crippen molar-refractivity contribution in [3.63, 3.8) is 0 Å². The molecule has 1 aliphatic heterocycles. The van der Waals surface area contributed by atoms with Gasteiger partial charge in [0.25, 0.3) is 0 Å². The molecule has 0 bridgehead atoms. The van der Waals surface area contributed by atoms with Crippen molar-refractivity contribution in [2.75, 3.05) is 0 Å². The highest BCUT2D eigenvalue weighted by Gasteiger charge is 2.63. The van der Waals surface area contributed by atoms with Gasteiger partial charge >= 0.3 is 0 Å². The maximum atomic E-state index is 12.8. The monoisotopic (exact) mass is 454 g/mol. The van der Waals surface area contributed by atoms with Crippen molar-refractivity contribution in [1.29, 1.82) is 0 Å². The summed E-state index contributed by atoms with van der Waals surface area (Å²) in [5, 5.41) is 10.8. The highest BCUT2D eigenvalue weighted by Crippen LogP contribution is 2.71. The van der Waals surface area contributed by atoms with E-state index in [4.69, 9.17) is 4.74 Å². The Balaban J connectivity index is 1.44. The number of rotatable bonds is 4. The van der Waals surface area contributed by atoms with Crippen LogP contribution in [-0.4, -0.2) is 28.7 Å². The fourth-order valence-corrected chi connectivity index (χ4v) is 9.26. The Hall–Kier alpha value is -0.930. The van der Waals surface area contributed by atoms with Crippen LogP contribution < -0.4 is 0 Å². The van der Waals surface area contributed by atoms with Crippen molar-refractivity contribution >= 4 is 5.78 Å². The predicted octanol–water partition coefficient (Wildman–Crippen LogP) is 6.65. The molecule has 33 heavy (non-hydrogen) atoms. The zero-order valence-corrected chi connectivity index (χ0v) is 22.3. The van der Waals surface area contributed by atoms with Crippen LogP contribution in [0.15, 0.2) is 23.3 Å². The molecule has 1 saturated heterocycles. The molecular weight excluding hydrogens is 408 g/mol. The highest BCUT2D eigenvalue weighted by molar-refractivity contribution is 5.86. The number of allylic oxidation sites excluding steroid dienone is 4. The predicted molar refractivity (Wildman–Crippen MR) is 133 cm³/mol. The third kappa shape index (κ3) is 3.10. The Morgan fingerprint density at radius 3 is 2.36 bits per heavy atom. The first kappa shape index (κ1) is 23.8. The maximum Gasteiger partial charge on any atom is 0.138 e. The molecule has 3 heteroatoms. The lowest BCUT2D eigenvalue weighted by atomic mass is 9.44. The molecule has 0 aromatic carbocycles. The number of carbonyl (C=O) groups excluding carboxylic acids is 1. The summed E-state index contributed by atoms with van der Waals surface area (Å²) in [6, 6.07) is 0. The summed E-state index contributed by atoms with van der Waals surface area (Å²) in [5.41, 5.74) is 3.27. The molecule has 0 aromatic rings. The Morgan fingerprint density at radius 1 is 1.06 bits per heavy atom. The number of epoxide rings is 1. The van der Waals surface area contributed by atoms with Gasteiger partial charge in [-0.25, -0.2) is 0 Å². The lowest BCUT2D eigenvalue weighted by Crippen LogP contribution is -2.53. The average molecular weight is 455 g/mol. The van der Waals surface area contributed by atoms with Gasteiger partial charge in [-0.15, -0.1) is 0 Å². The van der Waals surface area contributed by atoms with E-state index in [1.807, 2.05) is 0 Å². The Morgan fingerprint density at radius 2 is 1.73 bits per heavy atom. The first-order valence-corrected chi connectivity index (χ1v) is 13.5. The van der Waals surface area contributed by atoms with Gasteiger partial charge < -0.3 is 9.84 Å². The number of hydrogen-bond acceptors (Lipinski definition) is 3. The van der Waals surface area contributed by atoms with E-state index < -0.39 is 0 Å².